The molecule has 2 fully saturated rings. The summed E-state index contributed by atoms with van der Waals surface area (Å²) < 4.78 is 18.3. The maximum absolute atomic E-state index is 6.15. The number of nitrogens with zero attached hydrogens (tertiary/aromatic N) is 2. The number of pyridine rings is 1. The molecule has 120 valence electrons. The molecule has 1 aliphatic carbocycles. The largest absolute Gasteiger partial charge is 0.516 e. The first kappa shape index (κ1) is 15.6. The molecule has 0 radical (unpaired) electrons. The maximum Gasteiger partial charge on any atom is 0.516 e. The Morgan fingerprint density at radius 1 is 1.18 bits per heavy atom. The Hall–Kier alpha value is -1.27. The molecular formula is C16H25BN2O3. The van der Waals surface area contributed by atoms with Crippen LogP contribution in [0, 0.1) is 0 Å². The minimum Gasteiger partial charge on any atom is -0.488 e. The van der Waals surface area contributed by atoms with E-state index in [0.29, 0.717) is 6.10 Å². The van der Waals surface area contributed by atoms with Crippen molar-refractivity contribution in [3.05, 3.63) is 12.3 Å². The quantitative estimate of drug-likeness (QED) is 0.796. The second-order valence-electron chi connectivity index (χ2n) is 7.34. The average molecular weight is 304 g/mol. The number of aromatic nitrogens is 1. The third-order valence-electron chi connectivity index (χ3n) is 4.66. The molecule has 5 nitrogen and oxygen atoms in total. The fraction of sp³-hybridized carbons (Fsp3) is 0.688. The van der Waals surface area contributed by atoms with Gasteiger partial charge in [0.05, 0.1) is 28.6 Å². The molecule has 1 saturated carbocycles. The van der Waals surface area contributed by atoms with E-state index in [1.807, 2.05) is 52.8 Å². The number of hydrogen-bond acceptors (Lipinski definition) is 5. The van der Waals surface area contributed by atoms with Crippen LogP contribution in [-0.4, -0.2) is 43.5 Å². The van der Waals surface area contributed by atoms with Crippen LogP contribution in [0.5, 0.6) is 5.75 Å². The Morgan fingerprint density at radius 2 is 1.77 bits per heavy atom. The van der Waals surface area contributed by atoms with Crippen molar-refractivity contribution in [2.24, 2.45) is 0 Å². The fourth-order valence-electron chi connectivity index (χ4n) is 2.49. The van der Waals surface area contributed by atoms with E-state index in [4.69, 9.17) is 14.0 Å². The molecule has 0 N–H and O–H groups in total. The zero-order valence-electron chi connectivity index (χ0n) is 14.3. The molecule has 0 aromatic carbocycles. The summed E-state index contributed by atoms with van der Waals surface area (Å²) in [5, 5.41) is 0. The molecule has 3 rings (SSSR count). The Morgan fingerprint density at radius 3 is 2.27 bits per heavy atom. The van der Waals surface area contributed by atoms with Crippen LogP contribution in [0.1, 0.15) is 40.5 Å². The maximum atomic E-state index is 6.15. The van der Waals surface area contributed by atoms with E-state index in [-0.39, 0.29) is 11.2 Å². The van der Waals surface area contributed by atoms with Crippen LogP contribution in [0.2, 0.25) is 0 Å². The summed E-state index contributed by atoms with van der Waals surface area (Å²) in [5.41, 5.74) is 0.960. The van der Waals surface area contributed by atoms with Crippen molar-refractivity contribution in [3.8, 4) is 5.75 Å². The second-order valence-corrected chi connectivity index (χ2v) is 7.34. The molecular weight excluding hydrogens is 279 g/mol. The standard InChI is InChI=1S/C16H25BN2O3/c1-15(2)16(3,4)22-17(21-15)14-13(19(5)6)12(9-10-18-14)20-11-7-8-11/h9-11H,7-8H2,1-6H3. The molecule has 2 heterocycles. The van der Waals surface area contributed by atoms with E-state index in [0.717, 1.165) is 29.9 Å². The lowest BCUT2D eigenvalue weighted by atomic mass is 9.82. The lowest BCUT2D eigenvalue weighted by Crippen LogP contribution is -2.41. The summed E-state index contributed by atoms with van der Waals surface area (Å²) >= 11 is 0. The molecule has 22 heavy (non-hydrogen) atoms. The minimum atomic E-state index is -0.481. The van der Waals surface area contributed by atoms with Crippen LogP contribution in [0.4, 0.5) is 5.69 Å². The van der Waals surface area contributed by atoms with Gasteiger partial charge in [-0.25, -0.2) is 0 Å². The number of ether oxygens (including phenoxy) is 1. The van der Waals surface area contributed by atoms with E-state index < -0.39 is 7.12 Å². The number of rotatable bonds is 4. The van der Waals surface area contributed by atoms with Crippen LogP contribution >= 0.6 is 0 Å². The monoisotopic (exact) mass is 304 g/mol. The highest BCUT2D eigenvalue weighted by Gasteiger charge is 2.53. The van der Waals surface area contributed by atoms with Crippen LogP contribution in [-0.2, 0) is 9.31 Å². The normalized spacial score (nSPS) is 22.7. The summed E-state index contributed by atoms with van der Waals surface area (Å²) in [6.45, 7) is 8.19. The molecule has 6 heteroatoms. The zero-order chi connectivity index (χ0) is 16.1. The smallest absolute Gasteiger partial charge is 0.488 e. The highest BCUT2D eigenvalue weighted by Crippen LogP contribution is 2.38. The zero-order valence-corrected chi connectivity index (χ0v) is 14.3. The van der Waals surface area contributed by atoms with Crippen molar-refractivity contribution in [2.45, 2.75) is 57.8 Å². The van der Waals surface area contributed by atoms with Gasteiger partial charge >= 0.3 is 7.12 Å². The van der Waals surface area contributed by atoms with Gasteiger partial charge in [0.15, 0.2) is 0 Å². The van der Waals surface area contributed by atoms with Crippen LogP contribution in [0.25, 0.3) is 0 Å². The van der Waals surface area contributed by atoms with Gasteiger partial charge < -0.3 is 18.9 Å². The van der Waals surface area contributed by atoms with Crippen molar-refractivity contribution in [2.75, 3.05) is 19.0 Å². The van der Waals surface area contributed by atoms with E-state index in [1.165, 1.54) is 0 Å². The summed E-state index contributed by atoms with van der Waals surface area (Å²) in [6.07, 6.45) is 4.36. The molecule has 1 saturated heterocycles. The van der Waals surface area contributed by atoms with Crippen molar-refractivity contribution >= 4 is 18.4 Å². The SMILES string of the molecule is CN(C)c1c(OC2CC2)ccnc1B1OC(C)(C)C(C)(C)O1. The van der Waals surface area contributed by atoms with Gasteiger partial charge in [0.25, 0.3) is 0 Å². The van der Waals surface area contributed by atoms with Crippen LogP contribution in [0.15, 0.2) is 12.3 Å². The van der Waals surface area contributed by atoms with Crippen molar-refractivity contribution < 1.29 is 14.0 Å². The third kappa shape index (κ3) is 2.70. The third-order valence-corrected chi connectivity index (χ3v) is 4.66. The Labute approximate surface area is 133 Å². The molecule has 1 aliphatic heterocycles. The topological polar surface area (TPSA) is 43.8 Å². The molecule has 0 amide bonds. The van der Waals surface area contributed by atoms with Crippen molar-refractivity contribution in [3.63, 3.8) is 0 Å². The van der Waals surface area contributed by atoms with Crippen molar-refractivity contribution in [1.29, 1.82) is 0 Å². The van der Waals surface area contributed by atoms with Crippen LogP contribution < -0.4 is 15.2 Å². The first-order valence-corrected chi connectivity index (χ1v) is 7.90. The van der Waals surface area contributed by atoms with Gasteiger partial charge in [-0.3, -0.25) is 4.98 Å². The Bertz CT molecular complexity index is 555. The molecule has 0 atom stereocenters. The molecule has 0 bridgehead atoms. The van der Waals surface area contributed by atoms with Gasteiger partial charge in [0.1, 0.15) is 5.75 Å². The molecule has 1 aromatic rings. The summed E-state index contributed by atoms with van der Waals surface area (Å²) in [4.78, 5) is 6.55. The predicted octanol–water partition coefficient (Wildman–Crippen LogP) is 1.99. The Kier molecular flexibility index (Phi) is 3.65. The lowest BCUT2D eigenvalue weighted by Gasteiger charge is -2.32. The summed E-state index contributed by atoms with van der Waals surface area (Å²) in [5.74, 6) is 0.854. The van der Waals surface area contributed by atoms with Gasteiger partial charge in [-0.15, -0.1) is 0 Å². The van der Waals surface area contributed by atoms with Gasteiger partial charge in [0, 0.05) is 26.4 Å². The average Bonchev–Trinajstić information content (AvgIpc) is 3.16. The van der Waals surface area contributed by atoms with E-state index in [1.54, 1.807) is 6.20 Å². The van der Waals surface area contributed by atoms with Crippen molar-refractivity contribution in [1.82, 2.24) is 4.98 Å². The first-order valence-electron chi connectivity index (χ1n) is 7.90. The van der Waals surface area contributed by atoms with E-state index in [2.05, 4.69) is 4.98 Å². The highest BCUT2D eigenvalue weighted by atomic mass is 16.7. The predicted molar refractivity (Wildman–Crippen MR) is 87.9 cm³/mol. The first-order chi connectivity index (χ1) is 10.2. The molecule has 2 aliphatic rings. The van der Waals surface area contributed by atoms with Gasteiger partial charge in [-0.1, -0.05) is 0 Å². The minimum absolute atomic E-state index is 0.340. The van der Waals surface area contributed by atoms with Gasteiger partial charge in [0.2, 0.25) is 0 Å². The molecule has 1 aromatic heterocycles. The van der Waals surface area contributed by atoms with E-state index >= 15 is 0 Å². The molecule has 0 unspecified atom stereocenters. The van der Waals surface area contributed by atoms with Gasteiger partial charge in [-0.05, 0) is 40.5 Å². The summed E-state index contributed by atoms with van der Waals surface area (Å²) in [6, 6.07) is 1.92. The Balaban J connectivity index is 1.96. The van der Waals surface area contributed by atoms with Gasteiger partial charge in [-0.2, -0.15) is 0 Å². The fourth-order valence-corrected chi connectivity index (χ4v) is 2.49. The molecule has 0 spiro atoms. The summed E-state index contributed by atoms with van der Waals surface area (Å²) in [7, 11) is 3.50. The number of hydrogen-bond donors (Lipinski definition) is 0. The highest BCUT2D eigenvalue weighted by molar-refractivity contribution is 6.63. The second kappa shape index (κ2) is 5.13. The lowest BCUT2D eigenvalue weighted by molar-refractivity contribution is 0.00578. The van der Waals surface area contributed by atoms with E-state index in [9.17, 15) is 0 Å². The number of anilines is 1. The van der Waals surface area contributed by atoms with Crippen LogP contribution in [0.3, 0.4) is 0 Å².